The van der Waals surface area contributed by atoms with Gasteiger partial charge in [-0.2, -0.15) is 0 Å². The molecule has 0 fully saturated rings. The van der Waals surface area contributed by atoms with Crippen LogP contribution in [0.1, 0.15) is 49.0 Å². The first kappa shape index (κ1) is 12.9. The minimum atomic E-state index is -0.341. The van der Waals surface area contributed by atoms with Crippen LogP contribution < -0.4 is 5.73 Å². The average molecular weight is 219 g/mol. The Bertz CT molecular complexity index is 346. The van der Waals surface area contributed by atoms with Gasteiger partial charge >= 0.3 is 0 Å². The highest BCUT2D eigenvalue weighted by Crippen LogP contribution is 2.10. The SMILES string of the molecule is CCCCC(N)C(=O)c1cccc(CC)c1. The third-order valence-corrected chi connectivity index (χ3v) is 2.83. The second kappa shape index (κ2) is 6.44. The Morgan fingerprint density at radius 3 is 2.75 bits per heavy atom. The first-order chi connectivity index (χ1) is 7.69. The molecule has 0 saturated heterocycles. The summed E-state index contributed by atoms with van der Waals surface area (Å²) in [7, 11) is 0. The quantitative estimate of drug-likeness (QED) is 0.747. The maximum Gasteiger partial charge on any atom is 0.179 e. The first-order valence-corrected chi connectivity index (χ1v) is 6.07. The minimum Gasteiger partial charge on any atom is -0.321 e. The molecule has 0 aliphatic heterocycles. The van der Waals surface area contributed by atoms with E-state index in [0.29, 0.717) is 0 Å². The highest BCUT2D eigenvalue weighted by atomic mass is 16.1. The summed E-state index contributed by atoms with van der Waals surface area (Å²) in [5.74, 6) is 0.0729. The number of carbonyl (C=O) groups excluding carboxylic acids is 1. The smallest absolute Gasteiger partial charge is 0.179 e. The average Bonchev–Trinajstić information content (AvgIpc) is 2.35. The molecule has 1 unspecified atom stereocenters. The van der Waals surface area contributed by atoms with Gasteiger partial charge < -0.3 is 5.73 Å². The van der Waals surface area contributed by atoms with Gasteiger partial charge in [0.1, 0.15) is 0 Å². The highest BCUT2D eigenvalue weighted by Gasteiger charge is 2.14. The summed E-state index contributed by atoms with van der Waals surface area (Å²) in [6, 6.07) is 7.43. The van der Waals surface area contributed by atoms with Crippen molar-refractivity contribution in [2.75, 3.05) is 0 Å². The molecule has 1 rings (SSSR count). The first-order valence-electron chi connectivity index (χ1n) is 6.07. The molecule has 16 heavy (non-hydrogen) atoms. The molecule has 2 nitrogen and oxygen atoms in total. The van der Waals surface area contributed by atoms with E-state index in [4.69, 9.17) is 5.73 Å². The van der Waals surface area contributed by atoms with E-state index in [9.17, 15) is 4.79 Å². The molecular weight excluding hydrogens is 198 g/mol. The van der Waals surface area contributed by atoms with E-state index in [1.165, 1.54) is 5.56 Å². The Balaban J connectivity index is 2.71. The number of unbranched alkanes of at least 4 members (excludes halogenated alkanes) is 1. The summed E-state index contributed by atoms with van der Waals surface area (Å²) in [6.45, 7) is 4.19. The van der Waals surface area contributed by atoms with Crippen molar-refractivity contribution in [1.82, 2.24) is 0 Å². The number of aryl methyl sites for hydroxylation is 1. The molecule has 0 saturated carbocycles. The Morgan fingerprint density at radius 1 is 1.38 bits per heavy atom. The molecule has 0 spiro atoms. The zero-order valence-electron chi connectivity index (χ0n) is 10.2. The summed E-state index contributed by atoms with van der Waals surface area (Å²) in [5, 5.41) is 0. The van der Waals surface area contributed by atoms with Gasteiger partial charge in [-0.25, -0.2) is 0 Å². The lowest BCUT2D eigenvalue weighted by Gasteiger charge is -2.10. The molecule has 0 aliphatic carbocycles. The van der Waals surface area contributed by atoms with Gasteiger partial charge in [0.15, 0.2) is 5.78 Å². The third kappa shape index (κ3) is 3.46. The number of nitrogens with two attached hydrogens (primary N) is 1. The summed E-state index contributed by atoms with van der Waals surface area (Å²) in [5.41, 5.74) is 7.82. The van der Waals surface area contributed by atoms with Crippen LogP contribution in [0.4, 0.5) is 0 Å². The predicted molar refractivity (Wildman–Crippen MR) is 67.7 cm³/mol. The number of rotatable bonds is 6. The van der Waals surface area contributed by atoms with Gasteiger partial charge in [-0.3, -0.25) is 4.79 Å². The Hall–Kier alpha value is -1.15. The van der Waals surface area contributed by atoms with Gasteiger partial charge in [0.05, 0.1) is 6.04 Å². The zero-order valence-corrected chi connectivity index (χ0v) is 10.2. The molecule has 88 valence electrons. The highest BCUT2D eigenvalue weighted by molar-refractivity contribution is 6.00. The van der Waals surface area contributed by atoms with Crippen LogP contribution >= 0.6 is 0 Å². The molecule has 0 radical (unpaired) electrons. The number of hydrogen-bond donors (Lipinski definition) is 1. The Kier molecular flexibility index (Phi) is 5.20. The van der Waals surface area contributed by atoms with Crippen molar-refractivity contribution in [3.8, 4) is 0 Å². The lowest BCUT2D eigenvalue weighted by molar-refractivity contribution is 0.0956. The molecule has 0 bridgehead atoms. The molecule has 0 heterocycles. The molecule has 0 amide bonds. The van der Waals surface area contributed by atoms with Crippen LogP contribution in [0.15, 0.2) is 24.3 Å². The second-order valence-corrected chi connectivity index (χ2v) is 4.17. The van der Waals surface area contributed by atoms with Gasteiger partial charge in [-0.15, -0.1) is 0 Å². The molecule has 1 aromatic rings. The number of ketones is 1. The Labute approximate surface area is 97.9 Å². The van der Waals surface area contributed by atoms with Crippen LogP contribution in [0.5, 0.6) is 0 Å². The topological polar surface area (TPSA) is 43.1 Å². The monoisotopic (exact) mass is 219 g/mol. The number of carbonyl (C=O) groups is 1. The maximum absolute atomic E-state index is 12.0. The van der Waals surface area contributed by atoms with E-state index >= 15 is 0 Å². The predicted octanol–water partition coefficient (Wildman–Crippen LogP) is 2.95. The van der Waals surface area contributed by atoms with Crippen molar-refractivity contribution >= 4 is 5.78 Å². The largest absolute Gasteiger partial charge is 0.321 e. The van der Waals surface area contributed by atoms with E-state index in [2.05, 4.69) is 13.8 Å². The molecule has 0 aliphatic rings. The molecule has 1 atom stereocenters. The second-order valence-electron chi connectivity index (χ2n) is 4.17. The van der Waals surface area contributed by atoms with Gasteiger partial charge in [-0.05, 0) is 24.5 Å². The van der Waals surface area contributed by atoms with Crippen LogP contribution in [-0.2, 0) is 6.42 Å². The van der Waals surface area contributed by atoms with Gasteiger partial charge in [0.2, 0.25) is 0 Å². The van der Waals surface area contributed by atoms with Crippen LogP contribution in [0, 0.1) is 0 Å². The van der Waals surface area contributed by atoms with Crippen LogP contribution in [0.3, 0.4) is 0 Å². The van der Waals surface area contributed by atoms with Crippen molar-refractivity contribution in [2.45, 2.75) is 45.6 Å². The van der Waals surface area contributed by atoms with E-state index in [0.717, 1.165) is 31.2 Å². The lowest BCUT2D eigenvalue weighted by atomic mass is 9.98. The third-order valence-electron chi connectivity index (χ3n) is 2.83. The van der Waals surface area contributed by atoms with Crippen LogP contribution in [0.2, 0.25) is 0 Å². The molecule has 1 aromatic carbocycles. The van der Waals surface area contributed by atoms with Crippen LogP contribution in [-0.4, -0.2) is 11.8 Å². The standard InChI is InChI=1S/C14H21NO/c1-3-5-9-13(15)14(16)12-8-6-7-11(4-2)10-12/h6-8,10,13H,3-5,9,15H2,1-2H3. The van der Waals surface area contributed by atoms with E-state index < -0.39 is 0 Å². The van der Waals surface area contributed by atoms with E-state index in [-0.39, 0.29) is 11.8 Å². The zero-order chi connectivity index (χ0) is 12.0. The van der Waals surface area contributed by atoms with Crippen molar-refractivity contribution < 1.29 is 4.79 Å². The molecule has 2 heteroatoms. The summed E-state index contributed by atoms with van der Waals surface area (Å²) >= 11 is 0. The fourth-order valence-corrected chi connectivity index (χ4v) is 1.71. The Morgan fingerprint density at radius 2 is 2.12 bits per heavy atom. The molecule has 0 aromatic heterocycles. The lowest BCUT2D eigenvalue weighted by Crippen LogP contribution is -2.30. The van der Waals surface area contributed by atoms with Gasteiger partial charge in [0.25, 0.3) is 0 Å². The summed E-state index contributed by atoms with van der Waals surface area (Å²) < 4.78 is 0. The fourth-order valence-electron chi connectivity index (χ4n) is 1.71. The number of Topliss-reactive ketones (excluding diaryl/α,β-unsaturated/α-hetero) is 1. The summed E-state index contributed by atoms with van der Waals surface area (Å²) in [6.07, 6.45) is 3.83. The van der Waals surface area contributed by atoms with Crippen molar-refractivity contribution in [3.63, 3.8) is 0 Å². The molecule has 2 N–H and O–H groups in total. The summed E-state index contributed by atoms with van der Waals surface area (Å²) in [4.78, 5) is 12.0. The maximum atomic E-state index is 12.0. The normalized spacial score (nSPS) is 12.4. The van der Waals surface area contributed by atoms with Crippen LogP contribution in [0.25, 0.3) is 0 Å². The van der Waals surface area contributed by atoms with Gasteiger partial charge in [-0.1, -0.05) is 44.9 Å². The number of benzene rings is 1. The minimum absolute atomic E-state index is 0.0729. The van der Waals surface area contributed by atoms with Gasteiger partial charge in [0, 0.05) is 5.56 Å². The van der Waals surface area contributed by atoms with Crippen molar-refractivity contribution in [1.29, 1.82) is 0 Å². The van der Waals surface area contributed by atoms with Crippen molar-refractivity contribution in [2.24, 2.45) is 5.73 Å². The van der Waals surface area contributed by atoms with Crippen molar-refractivity contribution in [3.05, 3.63) is 35.4 Å². The number of hydrogen-bond acceptors (Lipinski definition) is 2. The molecular formula is C14H21NO. The van der Waals surface area contributed by atoms with E-state index in [1.54, 1.807) is 0 Å². The van der Waals surface area contributed by atoms with E-state index in [1.807, 2.05) is 24.3 Å². The fraction of sp³-hybridized carbons (Fsp3) is 0.500.